The highest BCUT2D eigenvalue weighted by Gasteiger charge is 2.22. The van der Waals surface area contributed by atoms with E-state index in [0.29, 0.717) is 6.61 Å². The summed E-state index contributed by atoms with van der Waals surface area (Å²) in [5.41, 5.74) is 9.48. The summed E-state index contributed by atoms with van der Waals surface area (Å²) < 4.78 is 5.50. The molecule has 2 N–H and O–H groups in total. The van der Waals surface area contributed by atoms with Crippen molar-refractivity contribution >= 4 is 12.4 Å². The van der Waals surface area contributed by atoms with E-state index in [9.17, 15) is 0 Å². The number of nitrogens with two attached hydrogens (primary N) is 1. The van der Waals surface area contributed by atoms with Gasteiger partial charge in [-0.15, -0.1) is 12.4 Å². The molecule has 0 bridgehead atoms. The molecule has 0 spiro atoms. The number of ether oxygens (including phenoxy) is 1. The number of halogens is 1. The van der Waals surface area contributed by atoms with Crippen LogP contribution in [0.2, 0.25) is 0 Å². The Hall–Kier alpha value is -0.730. The molecule has 0 saturated heterocycles. The van der Waals surface area contributed by atoms with Gasteiger partial charge in [-0.25, -0.2) is 0 Å². The van der Waals surface area contributed by atoms with Crippen LogP contribution in [0.15, 0.2) is 12.1 Å². The maximum atomic E-state index is 5.84. The van der Waals surface area contributed by atoms with Gasteiger partial charge in [0.15, 0.2) is 0 Å². The van der Waals surface area contributed by atoms with Crippen LogP contribution in [0.4, 0.5) is 0 Å². The summed E-state index contributed by atoms with van der Waals surface area (Å²) in [4.78, 5) is 0. The fourth-order valence-corrected chi connectivity index (χ4v) is 1.56. The molecule has 3 heteroatoms. The second kappa shape index (κ2) is 3.56. The molecule has 1 aliphatic heterocycles. The van der Waals surface area contributed by atoms with Gasteiger partial charge in [-0.3, -0.25) is 0 Å². The Balaban J connectivity index is 0.000000845. The van der Waals surface area contributed by atoms with Crippen molar-refractivity contribution in [3.8, 4) is 5.75 Å². The molecule has 0 saturated carbocycles. The minimum atomic E-state index is 0. The number of hydrogen-bond acceptors (Lipinski definition) is 2. The first-order valence-electron chi connectivity index (χ1n) is 4.18. The molecule has 1 aromatic carbocycles. The normalized spacial score (nSPS) is 18.8. The third-order valence-electron chi connectivity index (χ3n) is 2.51. The largest absolute Gasteiger partial charge is 0.491 e. The summed E-state index contributed by atoms with van der Waals surface area (Å²) in [5.74, 6) is 1.00. The predicted molar refractivity (Wildman–Crippen MR) is 55.6 cm³/mol. The fraction of sp³-hybridized carbons (Fsp3) is 0.400. The molecule has 2 nitrogen and oxygen atoms in total. The van der Waals surface area contributed by atoms with Gasteiger partial charge in [-0.1, -0.05) is 12.1 Å². The number of aryl methyl sites for hydroxylation is 1. The molecule has 1 heterocycles. The number of hydrogen-bond donors (Lipinski definition) is 1. The van der Waals surface area contributed by atoms with Gasteiger partial charge in [0, 0.05) is 5.56 Å². The summed E-state index contributed by atoms with van der Waals surface area (Å²) in [7, 11) is 0. The summed E-state index contributed by atoms with van der Waals surface area (Å²) >= 11 is 0. The smallest absolute Gasteiger partial charge is 0.127 e. The molecule has 1 unspecified atom stereocenters. The molecule has 1 aromatic rings. The second-order valence-electron chi connectivity index (χ2n) is 3.34. The zero-order chi connectivity index (χ0) is 8.72. The topological polar surface area (TPSA) is 35.2 Å². The van der Waals surface area contributed by atoms with E-state index in [2.05, 4.69) is 26.0 Å². The van der Waals surface area contributed by atoms with Crippen LogP contribution < -0.4 is 10.5 Å². The molecule has 1 atom stereocenters. The summed E-state index contributed by atoms with van der Waals surface area (Å²) in [6, 6.07) is 4.23. The van der Waals surface area contributed by atoms with Crippen LogP contribution in [0.3, 0.4) is 0 Å². The molecule has 2 rings (SSSR count). The lowest BCUT2D eigenvalue weighted by Crippen LogP contribution is -2.10. The first-order chi connectivity index (χ1) is 5.70. The van der Waals surface area contributed by atoms with Crippen molar-refractivity contribution < 1.29 is 4.74 Å². The maximum Gasteiger partial charge on any atom is 0.127 e. The Morgan fingerprint density at radius 3 is 2.77 bits per heavy atom. The zero-order valence-electron chi connectivity index (χ0n) is 7.83. The Bertz CT molecular complexity index is 325. The maximum absolute atomic E-state index is 5.84. The van der Waals surface area contributed by atoms with Gasteiger partial charge >= 0.3 is 0 Å². The molecule has 13 heavy (non-hydrogen) atoms. The van der Waals surface area contributed by atoms with Crippen LogP contribution in [0.1, 0.15) is 22.7 Å². The van der Waals surface area contributed by atoms with Crippen LogP contribution >= 0.6 is 12.4 Å². The van der Waals surface area contributed by atoms with E-state index in [-0.39, 0.29) is 18.4 Å². The fourth-order valence-electron chi connectivity index (χ4n) is 1.56. The minimum absolute atomic E-state index is 0. The van der Waals surface area contributed by atoms with Gasteiger partial charge in [-0.2, -0.15) is 0 Å². The monoisotopic (exact) mass is 199 g/mol. The van der Waals surface area contributed by atoms with E-state index in [1.54, 1.807) is 0 Å². The molecule has 0 amide bonds. The van der Waals surface area contributed by atoms with Crippen molar-refractivity contribution in [2.45, 2.75) is 19.9 Å². The van der Waals surface area contributed by atoms with Crippen molar-refractivity contribution in [2.75, 3.05) is 6.61 Å². The van der Waals surface area contributed by atoms with Crippen molar-refractivity contribution in [1.82, 2.24) is 0 Å². The highest BCUT2D eigenvalue weighted by atomic mass is 35.5. The van der Waals surface area contributed by atoms with Crippen LogP contribution in [0.5, 0.6) is 5.75 Å². The number of fused-ring (bicyclic) bond motifs is 1. The molecule has 0 aromatic heterocycles. The van der Waals surface area contributed by atoms with Gasteiger partial charge in [0.25, 0.3) is 0 Å². The van der Waals surface area contributed by atoms with Crippen LogP contribution in [0, 0.1) is 13.8 Å². The quantitative estimate of drug-likeness (QED) is 0.695. The van der Waals surface area contributed by atoms with Crippen LogP contribution in [-0.2, 0) is 0 Å². The SMILES string of the molecule is Cc1ccc2c(c1C)OCC2N.Cl. The average molecular weight is 200 g/mol. The van der Waals surface area contributed by atoms with Gasteiger partial charge in [0.1, 0.15) is 12.4 Å². The van der Waals surface area contributed by atoms with Crippen molar-refractivity contribution in [3.05, 3.63) is 28.8 Å². The molecular weight excluding hydrogens is 186 g/mol. The second-order valence-corrected chi connectivity index (χ2v) is 3.34. The third-order valence-corrected chi connectivity index (χ3v) is 2.51. The summed E-state index contributed by atoms with van der Waals surface area (Å²) in [6.07, 6.45) is 0. The highest BCUT2D eigenvalue weighted by molar-refractivity contribution is 5.85. The number of benzene rings is 1. The van der Waals surface area contributed by atoms with Gasteiger partial charge in [0.05, 0.1) is 6.04 Å². The Labute approximate surface area is 84.5 Å². The Kier molecular flexibility index (Phi) is 2.84. The van der Waals surface area contributed by atoms with Crippen LogP contribution in [0.25, 0.3) is 0 Å². The minimum Gasteiger partial charge on any atom is -0.491 e. The van der Waals surface area contributed by atoms with Crippen LogP contribution in [-0.4, -0.2) is 6.61 Å². The molecule has 72 valence electrons. The van der Waals surface area contributed by atoms with E-state index < -0.39 is 0 Å². The van der Waals surface area contributed by atoms with E-state index in [1.165, 1.54) is 11.1 Å². The molecule has 0 fully saturated rings. The van der Waals surface area contributed by atoms with E-state index in [1.807, 2.05) is 0 Å². The van der Waals surface area contributed by atoms with Gasteiger partial charge in [-0.05, 0) is 25.0 Å². The van der Waals surface area contributed by atoms with Gasteiger partial charge in [0.2, 0.25) is 0 Å². The first kappa shape index (κ1) is 10.4. The van der Waals surface area contributed by atoms with Gasteiger partial charge < -0.3 is 10.5 Å². The van der Waals surface area contributed by atoms with Crippen molar-refractivity contribution in [3.63, 3.8) is 0 Å². The van der Waals surface area contributed by atoms with E-state index in [0.717, 1.165) is 11.3 Å². The molecule has 0 aliphatic carbocycles. The lowest BCUT2D eigenvalue weighted by molar-refractivity contribution is 0.331. The molecule has 0 radical (unpaired) electrons. The van der Waals surface area contributed by atoms with E-state index in [4.69, 9.17) is 10.5 Å². The molecular formula is C10H14ClNO. The third kappa shape index (κ3) is 1.52. The molecule has 1 aliphatic rings. The lowest BCUT2D eigenvalue weighted by Gasteiger charge is -2.06. The first-order valence-corrected chi connectivity index (χ1v) is 4.18. The lowest BCUT2D eigenvalue weighted by atomic mass is 10.0. The predicted octanol–water partition coefficient (Wildman–Crippen LogP) is 2.12. The Morgan fingerprint density at radius 1 is 1.38 bits per heavy atom. The zero-order valence-corrected chi connectivity index (χ0v) is 8.65. The standard InChI is InChI=1S/C10H13NO.ClH/c1-6-3-4-8-9(11)5-12-10(8)7(6)2;/h3-4,9H,5,11H2,1-2H3;1H. The summed E-state index contributed by atoms with van der Waals surface area (Å²) in [6.45, 7) is 4.79. The van der Waals surface area contributed by atoms with Crippen molar-refractivity contribution in [1.29, 1.82) is 0 Å². The Morgan fingerprint density at radius 2 is 2.08 bits per heavy atom. The van der Waals surface area contributed by atoms with E-state index >= 15 is 0 Å². The van der Waals surface area contributed by atoms with Crippen molar-refractivity contribution in [2.24, 2.45) is 5.73 Å². The number of rotatable bonds is 0. The highest BCUT2D eigenvalue weighted by Crippen LogP contribution is 2.35. The summed E-state index contributed by atoms with van der Waals surface area (Å²) in [5, 5.41) is 0. The average Bonchev–Trinajstić information content (AvgIpc) is 2.41.